The molecule has 2 aliphatic rings. The average molecular weight is 434 g/mol. The summed E-state index contributed by atoms with van der Waals surface area (Å²) in [5.41, 5.74) is 5.09. The Morgan fingerprint density at radius 3 is 2.35 bits per heavy atom. The predicted octanol–water partition coefficient (Wildman–Crippen LogP) is 1.41. The summed E-state index contributed by atoms with van der Waals surface area (Å²) in [4.78, 5) is 56.8. The summed E-state index contributed by atoms with van der Waals surface area (Å²) in [6, 6.07) is 0. The lowest BCUT2D eigenvalue weighted by atomic mass is 9.95. The zero-order valence-electron chi connectivity index (χ0n) is 19.0. The van der Waals surface area contributed by atoms with Crippen LogP contribution < -0.4 is 21.9 Å². The smallest absolute Gasteiger partial charge is 0.330 e. The molecule has 31 heavy (non-hydrogen) atoms. The molecule has 9 heteroatoms. The summed E-state index contributed by atoms with van der Waals surface area (Å²) in [7, 11) is 0. The molecule has 3 N–H and O–H groups in total. The number of nitrogens with one attached hydrogen (secondary N) is 1. The van der Waals surface area contributed by atoms with Gasteiger partial charge >= 0.3 is 5.69 Å². The summed E-state index contributed by atoms with van der Waals surface area (Å²) in [6.45, 7) is 9.49. The number of aromatic amines is 1. The van der Waals surface area contributed by atoms with Crippen molar-refractivity contribution in [2.45, 2.75) is 59.9 Å². The Labute approximate surface area is 182 Å². The number of hydrogen-bond donors (Lipinski definition) is 2. The minimum Gasteiger partial charge on any atom is -0.383 e. The SMILES string of the molecule is CC(C)CN(C(=O)C1CCCN(C(=O)C2CC2)C1)c1c(N)n(CC(C)C)c(=O)[nH]c1=O. The molecule has 172 valence electrons. The molecule has 1 aromatic heterocycles. The van der Waals surface area contributed by atoms with Crippen LogP contribution in [0.5, 0.6) is 0 Å². The normalized spacial score (nSPS) is 19.2. The number of rotatable bonds is 7. The zero-order chi connectivity index (χ0) is 22.9. The maximum absolute atomic E-state index is 13.6. The summed E-state index contributed by atoms with van der Waals surface area (Å²) < 4.78 is 1.33. The minimum atomic E-state index is -0.654. The van der Waals surface area contributed by atoms with E-state index in [1.165, 1.54) is 9.47 Å². The average Bonchev–Trinajstić information content (AvgIpc) is 3.54. The first-order valence-electron chi connectivity index (χ1n) is 11.3. The summed E-state index contributed by atoms with van der Waals surface area (Å²) in [5.74, 6) is -0.129. The number of nitrogens with two attached hydrogens (primary N) is 1. The number of carbonyl (C=O) groups excluding carboxylic acids is 2. The standard InChI is InChI=1S/C22H35N5O4/c1-13(2)10-26(17-18(23)27(11-14(3)4)22(31)24-19(17)28)21(30)16-6-5-9-25(12-16)20(29)15-7-8-15/h13-16H,5-12,23H2,1-4H3,(H,24,28,31). The summed E-state index contributed by atoms with van der Waals surface area (Å²) >= 11 is 0. The van der Waals surface area contributed by atoms with Gasteiger partial charge in [0.2, 0.25) is 11.8 Å². The Kier molecular flexibility index (Phi) is 6.91. The van der Waals surface area contributed by atoms with Gasteiger partial charge < -0.3 is 15.5 Å². The molecular formula is C22H35N5O4. The Morgan fingerprint density at radius 1 is 1.10 bits per heavy atom. The maximum Gasteiger partial charge on any atom is 0.330 e. The number of H-pyrrole nitrogens is 1. The van der Waals surface area contributed by atoms with E-state index in [4.69, 9.17) is 5.73 Å². The van der Waals surface area contributed by atoms with Gasteiger partial charge in [0.15, 0.2) is 5.69 Å². The Hall–Kier alpha value is -2.58. The molecule has 1 saturated carbocycles. The highest BCUT2D eigenvalue weighted by molar-refractivity contribution is 5.97. The van der Waals surface area contributed by atoms with Gasteiger partial charge in [-0.05, 0) is 37.5 Å². The number of aromatic nitrogens is 2. The number of nitrogen functional groups attached to an aromatic ring is 1. The Bertz CT molecular complexity index is 944. The second-order valence-electron chi connectivity index (χ2n) is 9.74. The van der Waals surface area contributed by atoms with Crippen molar-refractivity contribution in [3.8, 4) is 0 Å². The van der Waals surface area contributed by atoms with Gasteiger partial charge in [0.1, 0.15) is 5.82 Å². The number of amides is 2. The Morgan fingerprint density at radius 2 is 1.77 bits per heavy atom. The fourth-order valence-electron chi connectivity index (χ4n) is 4.23. The van der Waals surface area contributed by atoms with Crippen LogP contribution in [0.25, 0.3) is 0 Å². The van der Waals surface area contributed by atoms with E-state index in [1.54, 1.807) is 4.90 Å². The van der Waals surface area contributed by atoms with Crippen LogP contribution in [0.1, 0.15) is 53.4 Å². The van der Waals surface area contributed by atoms with Gasteiger partial charge in [-0.3, -0.25) is 23.9 Å². The second kappa shape index (κ2) is 9.28. The topological polar surface area (TPSA) is 121 Å². The van der Waals surface area contributed by atoms with Crippen molar-refractivity contribution in [2.24, 2.45) is 23.7 Å². The van der Waals surface area contributed by atoms with E-state index in [9.17, 15) is 19.2 Å². The first-order valence-corrected chi connectivity index (χ1v) is 11.3. The number of likely N-dealkylation sites (tertiary alicyclic amines) is 1. The lowest BCUT2D eigenvalue weighted by molar-refractivity contribution is -0.136. The van der Waals surface area contributed by atoms with Crippen molar-refractivity contribution < 1.29 is 9.59 Å². The highest BCUT2D eigenvalue weighted by Crippen LogP contribution is 2.33. The van der Waals surface area contributed by atoms with Gasteiger partial charge in [-0.25, -0.2) is 4.79 Å². The molecular weight excluding hydrogens is 398 g/mol. The van der Waals surface area contributed by atoms with Gasteiger partial charge in [-0.2, -0.15) is 0 Å². The number of carbonyl (C=O) groups is 2. The molecule has 1 aliphatic heterocycles. The molecule has 0 bridgehead atoms. The number of piperidine rings is 1. The molecule has 0 spiro atoms. The molecule has 2 fully saturated rings. The number of nitrogens with zero attached hydrogens (tertiary/aromatic N) is 3. The lowest BCUT2D eigenvalue weighted by Gasteiger charge is -2.35. The lowest BCUT2D eigenvalue weighted by Crippen LogP contribution is -2.50. The van der Waals surface area contributed by atoms with Crippen molar-refractivity contribution in [2.75, 3.05) is 30.3 Å². The fraction of sp³-hybridized carbons (Fsp3) is 0.727. The molecule has 2 amide bonds. The van der Waals surface area contributed by atoms with E-state index >= 15 is 0 Å². The van der Waals surface area contributed by atoms with Gasteiger partial charge in [-0.1, -0.05) is 27.7 Å². The first-order chi connectivity index (χ1) is 14.6. The number of hydrogen-bond acceptors (Lipinski definition) is 5. The predicted molar refractivity (Wildman–Crippen MR) is 120 cm³/mol. The molecule has 1 atom stereocenters. The van der Waals surface area contributed by atoms with E-state index in [2.05, 4.69) is 4.98 Å². The summed E-state index contributed by atoms with van der Waals surface area (Å²) in [6.07, 6.45) is 3.27. The third-order valence-electron chi connectivity index (χ3n) is 5.85. The molecule has 1 aliphatic carbocycles. The van der Waals surface area contributed by atoms with Gasteiger partial charge in [0.25, 0.3) is 5.56 Å². The van der Waals surface area contributed by atoms with Crippen LogP contribution in [0.2, 0.25) is 0 Å². The molecule has 9 nitrogen and oxygen atoms in total. The van der Waals surface area contributed by atoms with E-state index < -0.39 is 11.2 Å². The van der Waals surface area contributed by atoms with Crippen LogP contribution in [0.3, 0.4) is 0 Å². The second-order valence-corrected chi connectivity index (χ2v) is 9.74. The van der Waals surface area contributed by atoms with Crippen molar-refractivity contribution >= 4 is 23.3 Å². The van der Waals surface area contributed by atoms with Crippen LogP contribution in [-0.4, -0.2) is 45.9 Å². The van der Waals surface area contributed by atoms with Crippen molar-refractivity contribution in [1.29, 1.82) is 0 Å². The number of anilines is 2. The minimum absolute atomic E-state index is 0.0122. The highest BCUT2D eigenvalue weighted by atomic mass is 16.2. The molecule has 1 aromatic rings. The van der Waals surface area contributed by atoms with Crippen LogP contribution in [0.4, 0.5) is 11.5 Å². The van der Waals surface area contributed by atoms with Crippen molar-refractivity contribution in [3.63, 3.8) is 0 Å². The third-order valence-corrected chi connectivity index (χ3v) is 5.85. The fourth-order valence-corrected chi connectivity index (χ4v) is 4.23. The van der Waals surface area contributed by atoms with Gasteiger partial charge in [0.05, 0.1) is 5.92 Å². The highest BCUT2D eigenvalue weighted by Gasteiger charge is 2.38. The zero-order valence-corrected chi connectivity index (χ0v) is 19.0. The van der Waals surface area contributed by atoms with E-state index in [0.717, 1.165) is 19.3 Å². The quantitative estimate of drug-likeness (QED) is 0.673. The maximum atomic E-state index is 13.6. The van der Waals surface area contributed by atoms with Crippen LogP contribution in [-0.2, 0) is 16.1 Å². The van der Waals surface area contributed by atoms with Crippen LogP contribution in [0.15, 0.2) is 9.59 Å². The third kappa shape index (κ3) is 5.19. The Balaban J connectivity index is 1.94. The van der Waals surface area contributed by atoms with E-state index in [1.807, 2.05) is 27.7 Å². The molecule has 1 unspecified atom stereocenters. The molecule has 0 aromatic carbocycles. The van der Waals surface area contributed by atoms with Crippen molar-refractivity contribution in [3.05, 3.63) is 20.8 Å². The summed E-state index contributed by atoms with van der Waals surface area (Å²) in [5, 5.41) is 0. The van der Waals surface area contributed by atoms with Gasteiger partial charge in [0, 0.05) is 32.1 Å². The molecule has 3 rings (SSSR count). The first kappa shape index (κ1) is 23.1. The van der Waals surface area contributed by atoms with Crippen LogP contribution in [0, 0.1) is 23.7 Å². The van der Waals surface area contributed by atoms with Crippen molar-refractivity contribution in [1.82, 2.24) is 14.5 Å². The van der Waals surface area contributed by atoms with E-state index in [-0.39, 0.29) is 47.0 Å². The molecule has 2 heterocycles. The largest absolute Gasteiger partial charge is 0.383 e. The monoisotopic (exact) mass is 433 g/mol. The van der Waals surface area contributed by atoms with Crippen LogP contribution >= 0.6 is 0 Å². The van der Waals surface area contributed by atoms with Gasteiger partial charge in [-0.15, -0.1) is 0 Å². The van der Waals surface area contributed by atoms with E-state index in [0.29, 0.717) is 32.6 Å². The molecule has 0 radical (unpaired) electrons. The molecule has 1 saturated heterocycles.